The predicted molar refractivity (Wildman–Crippen MR) is 67.6 cm³/mol. The smallest absolute Gasteiger partial charge is 0.0592 e. The maximum absolute atomic E-state index is 6.00. The van der Waals surface area contributed by atoms with E-state index in [2.05, 4.69) is 31.9 Å². The van der Waals surface area contributed by atoms with Crippen molar-refractivity contribution < 1.29 is 0 Å². The third-order valence-corrected chi connectivity index (χ3v) is 3.83. The molecule has 1 aromatic heterocycles. The van der Waals surface area contributed by atoms with E-state index in [1.54, 1.807) is 0 Å². The quantitative estimate of drug-likeness (QED) is 0.775. The summed E-state index contributed by atoms with van der Waals surface area (Å²) in [4.78, 5) is 6.48. The Kier molecular flexibility index (Phi) is 3.87. The van der Waals surface area contributed by atoms with Gasteiger partial charge >= 0.3 is 0 Å². The van der Waals surface area contributed by atoms with E-state index < -0.39 is 0 Å². The number of piperidine rings is 1. The van der Waals surface area contributed by atoms with Gasteiger partial charge in [0.05, 0.1) is 10.2 Å². The molecule has 0 saturated carbocycles. The molecule has 1 aliphatic rings. The number of pyridine rings is 1. The Bertz CT molecular complexity index is 332. The first-order valence-electron chi connectivity index (χ1n) is 5.25. The number of hydrogen-bond donors (Lipinski definition) is 0. The first kappa shape index (κ1) is 11.2. The Morgan fingerprint density at radius 3 is 3.13 bits per heavy atom. The van der Waals surface area contributed by atoms with Crippen LogP contribution in [0.25, 0.3) is 0 Å². The fraction of sp³-hybridized carbons (Fsp3) is 0.545. The molecule has 0 amide bonds. The van der Waals surface area contributed by atoms with Crippen LogP contribution in [0.2, 0.25) is 0 Å². The lowest BCUT2D eigenvalue weighted by Crippen LogP contribution is -2.40. The zero-order valence-electron chi connectivity index (χ0n) is 8.50. The molecule has 0 bridgehead atoms. The van der Waals surface area contributed by atoms with Crippen molar-refractivity contribution in [1.29, 1.82) is 0 Å². The first-order valence-corrected chi connectivity index (χ1v) is 6.58. The number of anilines is 1. The van der Waals surface area contributed by atoms with Gasteiger partial charge in [-0.15, -0.1) is 11.6 Å². The number of rotatable bonds is 2. The van der Waals surface area contributed by atoms with Gasteiger partial charge in [0.15, 0.2) is 0 Å². The molecule has 0 radical (unpaired) electrons. The molecular formula is C11H14BrClN2. The molecule has 0 aliphatic carbocycles. The van der Waals surface area contributed by atoms with Gasteiger partial charge in [0, 0.05) is 30.9 Å². The lowest BCUT2D eigenvalue weighted by atomic mass is 10.0. The number of halogens is 2. The Morgan fingerprint density at radius 2 is 2.40 bits per heavy atom. The Hall–Kier alpha value is -0.280. The van der Waals surface area contributed by atoms with Crippen LogP contribution in [-0.2, 0) is 0 Å². The van der Waals surface area contributed by atoms with Crippen LogP contribution in [0.1, 0.15) is 19.3 Å². The van der Waals surface area contributed by atoms with E-state index in [0.29, 0.717) is 11.9 Å². The van der Waals surface area contributed by atoms with Gasteiger partial charge in [0.25, 0.3) is 0 Å². The van der Waals surface area contributed by atoms with Gasteiger partial charge < -0.3 is 4.90 Å². The molecule has 4 heteroatoms. The van der Waals surface area contributed by atoms with Crippen LogP contribution < -0.4 is 4.90 Å². The highest BCUT2D eigenvalue weighted by atomic mass is 79.9. The number of alkyl halides is 1. The molecule has 1 saturated heterocycles. The average molecular weight is 290 g/mol. The molecular weight excluding hydrogens is 275 g/mol. The maximum atomic E-state index is 6.00. The minimum Gasteiger partial charge on any atom is -0.366 e. The lowest BCUT2D eigenvalue weighted by Gasteiger charge is -2.36. The van der Waals surface area contributed by atoms with E-state index in [1.807, 2.05) is 12.4 Å². The molecule has 15 heavy (non-hydrogen) atoms. The monoisotopic (exact) mass is 288 g/mol. The summed E-state index contributed by atoms with van der Waals surface area (Å²) in [7, 11) is 0. The molecule has 0 N–H and O–H groups in total. The van der Waals surface area contributed by atoms with E-state index in [1.165, 1.54) is 24.9 Å². The van der Waals surface area contributed by atoms with Crippen molar-refractivity contribution in [1.82, 2.24) is 4.98 Å². The van der Waals surface area contributed by atoms with Gasteiger partial charge in [-0.2, -0.15) is 0 Å². The molecule has 2 heterocycles. The highest BCUT2D eigenvalue weighted by Crippen LogP contribution is 2.30. The Balaban J connectivity index is 2.24. The van der Waals surface area contributed by atoms with Crippen LogP contribution in [0.5, 0.6) is 0 Å². The van der Waals surface area contributed by atoms with Gasteiger partial charge in [-0.05, 0) is 41.3 Å². The highest BCUT2D eigenvalue weighted by Gasteiger charge is 2.22. The first-order chi connectivity index (χ1) is 7.33. The fourth-order valence-corrected chi connectivity index (χ4v) is 2.88. The van der Waals surface area contributed by atoms with Gasteiger partial charge in [0.2, 0.25) is 0 Å². The van der Waals surface area contributed by atoms with Crippen LogP contribution in [0.4, 0.5) is 5.69 Å². The van der Waals surface area contributed by atoms with Crippen LogP contribution in [0.3, 0.4) is 0 Å². The van der Waals surface area contributed by atoms with Crippen molar-refractivity contribution in [2.24, 2.45) is 0 Å². The maximum Gasteiger partial charge on any atom is 0.0592 e. The fourth-order valence-electron chi connectivity index (χ4n) is 2.08. The van der Waals surface area contributed by atoms with Crippen LogP contribution in [0.15, 0.2) is 22.9 Å². The minimum absolute atomic E-state index is 0.471. The van der Waals surface area contributed by atoms with Crippen molar-refractivity contribution in [3.8, 4) is 0 Å². The summed E-state index contributed by atoms with van der Waals surface area (Å²) in [5.74, 6) is 0.703. The summed E-state index contributed by atoms with van der Waals surface area (Å²) in [6.45, 7) is 1.10. The van der Waals surface area contributed by atoms with Crippen molar-refractivity contribution in [2.45, 2.75) is 25.3 Å². The second kappa shape index (κ2) is 5.17. The van der Waals surface area contributed by atoms with Gasteiger partial charge in [-0.1, -0.05) is 0 Å². The second-order valence-corrected chi connectivity index (χ2v) is 4.99. The van der Waals surface area contributed by atoms with E-state index in [9.17, 15) is 0 Å². The molecule has 1 fully saturated rings. The summed E-state index contributed by atoms with van der Waals surface area (Å²) in [6, 6.07) is 2.52. The van der Waals surface area contributed by atoms with Crippen LogP contribution in [0, 0.1) is 0 Å². The molecule has 0 spiro atoms. The van der Waals surface area contributed by atoms with Crippen molar-refractivity contribution in [3.63, 3.8) is 0 Å². The Labute approximate surface area is 104 Å². The molecule has 2 rings (SSSR count). The standard InChI is InChI=1S/C11H14BrClN2/c12-10-8-14-5-4-11(10)15-6-2-1-3-9(15)7-13/h4-5,8-9H,1-3,6-7H2. The van der Waals surface area contributed by atoms with Gasteiger partial charge in [-0.25, -0.2) is 0 Å². The van der Waals surface area contributed by atoms with E-state index in [-0.39, 0.29) is 0 Å². The highest BCUT2D eigenvalue weighted by molar-refractivity contribution is 9.10. The third kappa shape index (κ3) is 2.45. The molecule has 2 nitrogen and oxygen atoms in total. The number of nitrogens with zero attached hydrogens (tertiary/aromatic N) is 2. The molecule has 82 valence electrons. The third-order valence-electron chi connectivity index (χ3n) is 2.87. The number of hydrogen-bond acceptors (Lipinski definition) is 2. The summed E-state index contributed by atoms with van der Waals surface area (Å²) in [5, 5.41) is 0. The molecule has 0 aromatic carbocycles. The average Bonchev–Trinajstić information content (AvgIpc) is 2.30. The largest absolute Gasteiger partial charge is 0.366 e. The van der Waals surface area contributed by atoms with Gasteiger partial charge in [0.1, 0.15) is 0 Å². The van der Waals surface area contributed by atoms with Gasteiger partial charge in [-0.3, -0.25) is 4.98 Å². The topological polar surface area (TPSA) is 16.1 Å². The number of aromatic nitrogens is 1. The van der Waals surface area contributed by atoms with Crippen molar-refractivity contribution in [2.75, 3.05) is 17.3 Å². The zero-order chi connectivity index (χ0) is 10.7. The zero-order valence-corrected chi connectivity index (χ0v) is 10.8. The van der Waals surface area contributed by atoms with Crippen molar-refractivity contribution in [3.05, 3.63) is 22.9 Å². The van der Waals surface area contributed by atoms with Crippen molar-refractivity contribution >= 4 is 33.2 Å². The van der Waals surface area contributed by atoms with E-state index in [0.717, 1.165) is 11.0 Å². The molecule has 1 unspecified atom stereocenters. The summed E-state index contributed by atoms with van der Waals surface area (Å²) < 4.78 is 1.06. The van der Waals surface area contributed by atoms with Crippen LogP contribution in [-0.4, -0.2) is 23.5 Å². The van der Waals surface area contributed by atoms with E-state index in [4.69, 9.17) is 11.6 Å². The lowest BCUT2D eigenvalue weighted by molar-refractivity contribution is 0.487. The molecule has 1 aliphatic heterocycles. The molecule has 1 aromatic rings. The van der Waals surface area contributed by atoms with Crippen LogP contribution >= 0.6 is 27.5 Å². The predicted octanol–water partition coefficient (Wildman–Crippen LogP) is 3.44. The summed E-state index contributed by atoms with van der Waals surface area (Å²) in [5.41, 5.74) is 1.22. The second-order valence-electron chi connectivity index (χ2n) is 3.82. The molecule has 1 atom stereocenters. The minimum atomic E-state index is 0.471. The SMILES string of the molecule is ClCC1CCCCN1c1ccncc1Br. The van der Waals surface area contributed by atoms with E-state index >= 15 is 0 Å². The normalized spacial score (nSPS) is 21.7. The summed E-state index contributed by atoms with van der Waals surface area (Å²) in [6.07, 6.45) is 7.41. The summed E-state index contributed by atoms with van der Waals surface area (Å²) >= 11 is 9.55. The Morgan fingerprint density at radius 1 is 1.53 bits per heavy atom.